The predicted molar refractivity (Wildman–Crippen MR) is 135 cm³/mol. The number of piperidine rings is 1. The van der Waals surface area contributed by atoms with Gasteiger partial charge in [-0.2, -0.15) is 0 Å². The molecule has 2 aliphatic heterocycles. The highest BCUT2D eigenvalue weighted by Crippen LogP contribution is 2.41. The fourth-order valence-corrected chi connectivity index (χ4v) is 5.18. The summed E-state index contributed by atoms with van der Waals surface area (Å²) in [5.41, 5.74) is 4.65. The van der Waals surface area contributed by atoms with E-state index in [-0.39, 0.29) is 11.9 Å². The maximum atomic E-state index is 13.3. The van der Waals surface area contributed by atoms with E-state index in [9.17, 15) is 4.79 Å². The molecule has 1 fully saturated rings. The first-order chi connectivity index (χ1) is 16.1. The predicted octanol–water partition coefficient (Wildman–Crippen LogP) is 4.84. The molecule has 1 saturated heterocycles. The Morgan fingerprint density at radius 2 is 1.67 bits per heavy atom. The van der Waals surface area contributed by atoms with Gasteiger partial charge in [-0.1, -0.05) is 42.8 Å². The second kappa shape index (κ2) is 11.7. The number of esters is 1. The lowest BCUT2D eigenvalue weighted by molar-refractivity contribution is -0.145. The van der Waals surface area contributed by atoms with Crippen LogP contribution in [0.15, 0.2) is 48.5 Å². The van der Waals surface area contributed by atoms with Crippen molar-refractivity contribution in [1.29, 1.82) is 0 Å². The van der Waals surface area contributed by atoms with Gasteiger partial charge in [0.15, 0.2) is 0 Å². The zero-order valence-corrected chi connectivity index (χ0v) is 20.3. The highest BCUT2D eigenvalue weighted by atomic mass is 16.5. The van der Waals surface area contributed by atoms with Gasteiger partial charge in [0, 0.05) is 24.5 Å². The average molecular weight is 450 g/mol. The third kappa shape index (κ3) is 6.15. The van der Waals surface area contributed by atoms with E-state index < -0.39 is 0 Å². The number of nitrogens with zero attached hydrogens (tertiary/aromatic N) is 3. The van der Waals surface area contributed by atoms with Crippen molar-refractivity contribution in [2.24, 2.45) is 0 Å². The van der Waals surface area contributed by atoms with Crippen LogP contribution in [-0.4, -0.2) is 69.2 Å². The number of rotatable bonds is 9. The second-order valence-corrected chi connectivity index (χ2v) is 9.68. The van der Waals surface area contributed by atoms with Crippen LogP contribution in [0.1, 0.15) is 49.1 Å². The van der Waals surface area contributed by atoms with Gasteiger partial charge in [0.1, 0.15) is 0 Å². The Kier molecular flexibility index (Phi) is 8.40. The van der Waals surface area contributed by atoms with Crippen LogP contribution >= 0.6 is 0 Å². The van der Waals surface area contributed by atoms with E-state index in [2.05, 4.69) is 71.3 Å². The second-order valence-electron chi connectivity index (χ2n) is 9.68. The molecule has 2 aromatic carbocycles. The van der Waals surface area contributed by atoms with Crippen molar-refractivity contribution in [2.75, 3.05) is 58.3 Å². The zero-order valence-electron chi connectivity index (χ0n) is 20.3. The van der Waals surface area contributed by atoms with Gasteiger partial charge in [0.25, 0.3) is 0 Å². The molecule has 33 heavy (non-hydrogen) atoms. The van der Waals surface area contributed by atoms with E-state index in [0.29, 0.717) is 13.0 Å². The van der Waals surface area contributed by atoms with Gasteiger partial charge in [-0.15, -0.1) is 0 Å². The van der Waals surface area contributed by atoms with Crippen LogP contribution in [0.25, 0.3) is 0 Å². The highest BCUT2D eigenvalue weighted by molar-refractivity contribution is 5.85. The summed E-state index contributed by atoms with van der Waals surface area (Å²) >= 11 is 0. The van der Waals surface area contributed by atoms with Crippen molar-refractivity contribution in [3.05, 3.63) is 59.7 Å². The Morgan fingerprint density at radius 1 is 0.939 bits per heavy atom. The molecule has 0 saturated carbocycles. The molecular weight excluding hydrogens is 410 g/mol. The third-order valence-corrected chi connectivity index (χ3v) is 6.89. The molecule has 5 nitrogen and oxygen atoms in total. The molecule has 0 amide bonds. The van der Waals surface area contributed by atoms with Gasteiger partial charge in [0.2, 0.25) is 0 Å². The largest absolute Gasteiger partial charge is 0.465 e. The number of hydrogen-bond donors (Lipinski definition) is 0. The molecule has 178 valence electrons. The molecule has 0 radical (unpaired) electrons. The Balaban J connectivity index is 1.49. The summed E-state index contributed by atoms with van der Waals surface area (Å²) in [6.07, 6.45) is 6.59. The van der Waals surface area contributed by atoms with Crippen molar-refractivity contribution in [3.63, 3.8) is 0 Å². The molecule has 2 heterocycles. The van der Waals surface area contributed by atoms with E-state index in [0.717, 1.165) is 43.7 Å². The molecule has 0 aromatic heterocycles. The molecule has 2 aromatic rings. The Hall–Kier alpha value is -2.37. The molecule has 0 N–H and O–H groups in total. The maximum Gasteiger partial charge on any atom is 0.313 e. The van der Waals surface area contributed by atoms with Gasteiger partial charge in [-0.3, -0.25) is 4.79 Å². The molecule has 5 heteroatoms. The molecule has 1 atom stereocenters. The number of ether oxygens (including phenoxy) is 1. The number of fused-ring (bicyclic) bond motifs is 2. The lowest BCUT2D eigenvalue weighted by Crippen LogP contribution is -2.31. The number of para-hydroxylation sites is 2. The fourth-order valence-electron chi connectivity index (χ4n) is 5.18. The van der Waals surface area contributed by atoms with Crippen molar-refractivity contribution in [3.8, 4) is 0 Å². The maximum absolute atomic E-state index is 13.3. The number of benzene rings is 2. The molecule has 0 spiro atoms. The van der Waals surface area contributed by atoms with Crippen molar-refractivity contribution in [1.82, 2.24) is 9.80 Å². The number of hydrogen-bond acceptors (Lipinski definition) is 5. The number of carbonyl (C=O) groups excluding carboxylic acids is 1. The van der Waals surface area contributed by atoms with Crippen LogP contribution in [0.4, 0.5) is 11.4 Å². The van der Waals surface area contributed by atoms with Crippen LogP contribution < -0.4 is 4.90 Å². The van der Waals surface area contributed by atoms with E-state index in [1.807, 2.05) is 6.07 Å². The van der Waals surface area contributed by atoms with E-state index >= 15 is 0 Å². The first-order valence-electron chi connectivity index (χ1n) is 12.6. The third-order valence-electron chi connectivity index (χ3n) is 6.89. The van der Waals surface area contributed by atoms with Crippen molar-refractivity contribution < 1.29 is 9.53 Å². The summed E-state index contributed by atoms with van der Waals surface area (Å²) in [4.78, 5) is 20.4. The van der Waals surface area contributed by atoms with Gasteiger partial charge in [-0.05, 0) is 89.1 Å². The Labute approximate surface area is 199 Å². The van der Waals surface area contributed by atoms with Crippen LogP contribution in [0.2, 0.25) is 0 Å². The first kappa shape index (κ1) is 23.8. The van der Waals surface area contributed by atoms with E-state index in [4.69, 9.17) is 4.74 Å². The lowest BCUT2D eigenvalue weighted by atomic mass is 9.92. The first-order valence-corrected chi connectivity index (χ1v) is 12.6. The normalized spacial score (nSPS) is 18.5. The van der Waals surface area contributed by atoms with Gasteiger partial charge < -0.3 is 19.4 Å². The molecule has 4 rings (SSSR count). The van der Waals surface area contributed by atoms with Crippen LogP contribution in [0.3, 0.4) is 0 Å². The number of likely N-dealkylation sites (tertiary alicyclic amines) is 1. The van der Waals surface area contributed by atoms with Crippen LogP contribution in [0.5, 0.6) is 0 Å². The minimum Gasteiger partial charge on any atom is -0.465 e. The fraction of sp³-hybridized carbons (Fsp3) is 0.536. The smallest absolute Gasteiger partial charge is 0.313 e. The highest BCUT2D eigenvalue weighted by Gasteiger charge is 2.31. The zero-order chi connectivity index (χ0) is 23.0. The minimum atomic E-state index is -0.267. The molecule has 0 aliphatic carbocycles. The molecule has 0 bridgehead atoms. The number of anilines is 2. The Morgan fingerprint density at radius 3 is 2.45 bits per heavy atom. The van der Waals surface area contributed by atoms with Gasteiger partial charge >= 0.3 is 5.97 Å². The van der Waals surface area contributed by atoms with Crippen molar-refractivity contribution >= 4 is 17.3 Å². The molecule has 2 aliphatic rings. The SMILES string of the molecule is CN(C)CCCN1c2ccccc2C[C@H](C(=O)OCCCN2CCCCC2)c2ccccc21. The summed E-state index contributed by atoms with van der Waals surface area (Å²) in [5.74, 6) is -0.359. The van der Waals surface area contributed by atoms with E-state index in [1.165, 1.54) is 43.6 Å². The lowest BCUT2D eigenvalue weighted by Gasteiger charge is -2.28. The van der Waals surface area contributed by atoms with Gasteiger partial charge in [0.05, 0.1) is 12.5 Å². The van der Waals surface area contributed by atoms with E-state index in [1.54, 1.807) is 0 Å². The van der Waals surface area contributed by atoms with Crippen LogP contribution in [-0.2, 0) is 16.0 Å². The van der Waals surface area contributed by atoms with Crippen molar-refractivity contribution in [2.45, 2.75) is 44.4 Å². The topological polar surface area (TPSA) is 36.0 Å². The molecule has 0 unspecified atom stereocenters. The summed E-state index contributed by atoms with van der Waals surface area (Å²) in [6, 6.07) is 16.9. The monoisotopic (exact) mass is 449 g/mol. The summed E-state index contributed by atoms with van der Waals surface area (Å²) < 4.78 is 5.86. The minimum absolute atomic E-state index is 0.0916. The number of carbonyl (C=O) groups is 1. The molecular formula is C28H39N3O2. The summed E-state index contributed by atoms with van der Waals surface area (Å²) in [7, 11) is 4.23. The van der Waals surface area contributed by atoms with Gasteiger partial charge in [-0.25, -0.2) is 0 Å². The average Bonchev–Trinajstić information content (AvgIpc) is 2.97. The van der Waals surface area contributed by atoms with Crippen LogP contribution in [0, 0.1) is 0 Å². The quantitative estimate of drug-likeness (QED) is 0.405. The Bertz CT molecular complexity index is 908. The standard InChI is InChI=1S/C28H39N3O2/c1-29(2)16-10-20-31-26-14-6-4-12-23(26)22-25(24-13-5-7-15-27(24)31)28(32)33-21-11-19-30-17-8-3-9-18-30/h4-7,12-15,25H,3,8-11,16-22H2,1-2H3/t25-/m0/s1. The summed E-state index contributed by atoms with van der Waals surface area (Å²) in [5, 5.41) is 0. The summed E-state index contributed by atoms with van der Waals surface area (Å²) in [6.45, 7) is 5.85.